The Hall–Kier alpha value is -1.09. The van der Waals surface area contributed by atoms with Gasteiger partial charge in [-0.2, -0.15) is 0 Å². The Morgan fingerprint density at radius 3 is 3.11 bits per heavy atom. The summed E-state index contributed by atoms with van der Waals surface area (Å²) in [5.74, 6) is 1.27. The van der Waals surface area contributed by atoms with Gasteiger partial charge in [0.2, 0.25) is 0 Å². The molecular formula is C14H19ClN2O. The van der Waals surface area contributed by atoms with Crippen LogP contribution in [0.5, 0.6) is 0 Å². The Morgan fingerprint density at radius 2 is 2.39 bits per heavy atom. The summed E-state index contributed by atoms with van der Waals surface area (Å²) in [5.41, 5.74) is 0.461. The second kappa shape index (κ2) is 6.19. The number of aromatic nitrogens is 1. The van der Waals surface area contributed by atoms with E-state index in [9.17, 15) is 4.79 Å². The third-order valence-electron chi connectivity index (χ3n) is 3.61. The maximum Gasteiger partial charge on any atom is 0.254 e. The highest BCUT2D eigenvalue weighted by atomic mass is 35.5. The average Bonchev–Trinajstić information content (AvgIpc) is 2.37. The molecule has 3 nitrogen and oxygen atoms in total. The molecule has 1 aliphatic rings. The van der Waals surface area contributed by atoms with Gasteiger partial charge in [0.05, 0.1) is 10.6 Å². The molecule has 1 fully saturated rings. The first-order chi connectivity index (χ1) is 8.66. The summed E-state index contributed by atoms with van der Waals surface area (Å²) >= 11 is 5.96. The van der Waals surface area contributed by atoms with Gasteiger partial charge in [0.15, 0.2) is 0 Å². The molecule has 18 heavy (non-hydrogen) atoms. The molecule has 2 unspecified atom stereocenters. The summed E-state index contributed by atoms with van der Waals surface area (Å²) in [6.07, 6.45) is 8.11. The summed E-state index contributed by atoms with van der Waals surface area (Å²) in [7, 11) is 0. The molecule has 1 saturated carbocycles. The van der Waals surface area contributed by atoms with Crippen LogP contribution in [0.4, 0.5) is 0 Å². The van der Waals surface area contributed by atoms with Crippen LogP contribution in [-0.2, 0) is 0 Å². The van der Waals surface area contributed by atoms with Gasteiger partial charge in [-0.25, -0.2) is 0 Å². The van der Waals surface area contributed by atoms with Crippen molar-refractivity contribution in [2.75, 3.05) is 6.54 Å². The fourth-order valence-electron chi connectivity index (χ4n) is 2.62. The SMILES string of the molecule is CC1CCCC(CNC(=O)c2cnccc2Cl)C1. The number of carbonyl (C=O) groups excluding carboxylic acids is 1. The molecule has 0 aromatic carbocycles. The molecule has 2 rings (SSSR count). The zero-order valence-corrected chi connectivity index (χ0v) is 11.4. The Bertz CT molecular complexity index is 422. The summed E-state index contributed by atoms with van der Waals surface area (Å²) in [6.45, 7) is 3.03. The van der Waals surface area contributed by atoms with Crippen LogP contribution in [0.3, 0.4) is 0 Å². The maximum atomic E-state index is 12.0. The van der Waals surface area contributed by atoms with Gasteiger partial charge < -0.3 is 5.32 Å². The molecule has 0 radical (unpaired) electrons. The fraction of sp³-hybridized carbons (Fsp3) is 0.571. The van der Waals surface area contributed by atoms with E-state index < -0.39 is 0 Å². The van der Waals surface area contributed by atoms with E-state index in [1.54, 1.807) is 12.3 Å². The Kier molecular flexibility index (Phi) is 4.59. The van der Waals surface area contributed by atoms with Crippen LogP contribution < -0.4 is 5.32 Å². The lowest BCUT2D eigenvalue weighted by atomic mass is 9.82. The molecule has 0 spiro atoms. The van der Waals surface area contributed by atoms with Gasteiger partial charge in [-0.05, 0) is 30.7 Å². The molecule has 1 amide bonds. The summed E-state index contributed by atoms with van der Waals surface area (Å²) in [4.78, 5) is 15.9. The molecular weight excluding hydrogens is 248 g/mol. The molecule has 1 aliphatic carbocycles. The topological polar surface area (TPSA) is 42.0 Å². The number of rotatable bonds is 3. The Morgan fingerprint density at radius 1 is 1.56 bits per heavy atom. The molecule has 2 atom stereocenters. The number of halogens is 1. The molecule has 0 saturated heterocycles. The van der Waals surface area contributed by atoms with Crippen molar-refractivity contribution in [3.05, 3.63) is 29.0 Å². The van der Waals surface area contributed by atoms with Gasteiger partial charge in [-0.15, -0.1) is 0 Å². The lowest BCUT2D eigenvalue weighted by Gasteiger charge is -2.26. The summed E-state index contributed by atoms with van der Waals surface area (Å²) < 4.78 is 0. The van der Waals surface area contributed by atoms with Crippen LogP contribution >= 0.6 is 11.6 Å². The minimum absolute atomic E-state index is 0.119. The first-order valence-corrected chi connectivity index (χ1v) is 6.92. The van der Waals surface area contributed by atoms with Crippen molar-refractivity contribution in [1.82, 2.24) is 10.3 Å². The Balaban J connectivity index is 1.87. The van der Waals surface area contributed by atoms with Crippen molar-refractivity contribution < 1.29 is 4.79 Å². The monoisotopic (exact) mass is 266 g/mol. The highest BCUT2D eigenvalue weighted by molar-refractivity contribution is 6.33. The fourth-order valence-corrected chi connectivity index (χ4v) is 2.81. The van der Waals surface area contributed by atoms with Crippen LogP contribution in [0.25, 0.3) is 0 Å². The predicted molar refractivity (Wildman–Crippen MR) is 72.7 cm³/mol. The number of nitrogens with one attached hydrogen (secondary N) is 1. The molecule has 0 bridgehead atoms. The molecule has 4 heteroatoms. The van der Waals surface area contributed by atoms with Crippen LogP contribution in [0.2, 0.25) is 5.02 Å². The van der Waals surface area contributed by atoms with Gasteiger partial charge in [-0.3, -0.25) is 9.78 Å². The smallest absolute Gasteiger partial charge is 0.254 e. The molecule has 0 aliphatic heterocycles. The van der Waals surface area contributed by atoms with Crippen LogP contribution in [-0.4, -0.2) is 17.4 Å². The number of nitrogens with zero attached hydrogens (tertiary/aromatic N) is 1. The standard InChI is InChI=1S/C14H19ClN2O/c1-10-3-2-4-11(7-10)8-17-14(18)12-9-16-6-5-13(12)15/h5-6,9-11H,2-4,7-8H2,1H3,(H,17,18). The quantitative estimate of drug-likeness (QED) is 0.912. The van der Waals surface area contributed by atoms with Crippen molar-refractivity contribution >= 4 is 17.5 Å². The van der Waals surface area contributed by atoms with E-state index in [0.29, 0.717) is 16.5 Å². The molecule has 1 aromatic rings. The van der Waals surface area contributed by atoms with Crippen molar-refractivity contribution in [3.8, 4) is 0 Å². The number of carbonyl (C=O) groups is 1. The zero-order chi connectivity index (χ0) is 13.0. The minimum Gasteiger partial charge on any atom is -0.352 e. The van der Waals surface area contributed by atoms with Crippen molar-refractivity contribution in [1.29, 1.82) is 0 Å². The van der Waals surface area contributed by atoms with Crippen molar-refractivity contribution in [2.45, 2.75) is 32.6 Å². The van der Waals surface area contributed by atoms with E-state index >= 15 is 0 Å². The number of pyridine rings is 1. The lowest BCUT2D eigenvalue weighted by Crippen LogP contribution is -2.31. The number of hydrogen-bond acceptors (Lipinski definition) is 2. The van der Waals surface area contributed by atoms with Crippen LogP contribution in [0, 0.1) is 11.8 Å². The van der Waals surface area contributed by atoms with Gasteiger partial charge >= 0.3 is 0 Å². The van der Waals surface area contributed by atoms with Gasteiger partial charge in [0.25, 0.3) is 5.91 Å². The zero-order valence-electron chi connectivity index (χ0n) is 10.7. The van der Waals surface area contributed by atoms with Crippen molar-refractivity contribution in [2.24, 2.45) is 11.8 Å². The van der Waals surface area contributed by atoms with Crippen molar-refractivity contribution in [3.63, 3.8) is 0 Å². The Labute approximate surface area is 113 Å². The number of amides is 1. The summed E-state index contributed by atoms with van der Waals surface area (Å²) in [5, 5.41) is 3.42. The first kappa shape index (κ1) is 13.3. The second-order valence-electron chi connectivity index (χ2n) is 5.20. The predicted octanol–water partition coefficient (Wildman–Crippen LogP) is 3.29. The van der Waals surface area contributed by atoms with Gasteiger partial charge in [0.1, 0.15) is 0 Å². The maximum absolute atomic E-state index is 12.0. The highest BCUT2D eigenvalue weighted by Gasteiger charge is 2.20. The van der Waals surface area contributed by atoms with E-state index in [1.807, 2.05) is 0 Å². The van der Waals surface area contributed by atoms with Gasteiger partial charge in [0, 0.05) is 18.9 Å². The van der Waals surface area contributed by atoms with E-state index in [2.05, 4.69) is 17.2 Å². The molecule has 1 N–H and O–H groups in total. The minimum atomic E-state index is -0.119. The molecule has 1 heterocycles. The third kappa shape index (κ3) is 3.45. The van der Waals surface area contributed by atoms with E-state index in [-0.39, 0.29) is 5.91 Å². The van der Waals surface area contributed by atoms with Gasteiger partial charge in [-0.1, -0.05) is 31.4 Å². The van der Waals surface area contributed by atoms with Crippen LogP contribution in [0.1, 0.15) is 43.0 Å². The normalized spacial score (nSPS) is 23.7. The van der Waals surface area contributed by atoms with E-state index in [0.717, 1.165) is 12.5 Å². The molecule has 1 aromatic heterocycles. The number of hydrogen-bond donors (Lipinski definition) is 1. The third-order valence-corrected chi connectivity index (χ3v) is 3.94. The highest BCUT2D eigenvalue weighted by Crippen LogP contribution is 2.28. The second-order valence-corrected chi connectivity index (χ2v) is 5.61. The van der Waals surface area contributed by atoms with E-state index in [1.165, 1.54) is 31.9 Å². The van der Waals surface area contributed by atoms with Crippen LogP contribution in [0.15, 0.2) is 18.5 Å². The lowest BCUT2D eigenvalue weighted by molar-refractivity contribution is 0.0940. The average molecular weight is 267 g/mol. The first-order valence-electron chi connectivity index (χ1n) is 6.54. The van der Waals surface area contributed by atoms with E-state index in [4.69, 9.17) is 11.6 Å². The molecule has 98 valence electrons. The largest absolute Gasteiger partial charge is 0.352 e. The summed E-state index contributed by atoms with van der Waals surface area (Å²) in [6, 6.07) is 1.64.